The molecule has 1 aromatic heterocycles. The van der Waals surface area contributed by atoms with Crippen molar-refractivity contribution in [2.24, 2.45) is 0 Å². The molecule has 0 aliphatic rings. The van der Waals surface area contributed by atoms with Gasteiger partial charge >= 0.3 is 5.97 Å². The Balaban J connectivity index is 1.98. The van der Waals surface area contributed by atoms with E-state index in [1.165, 1.54) is 10.9 Å². The summed E-state index contributed by atoms with van der Waals surface area (Å²) < 4.78 is 1.32. The number of carboxylic acids is 1. The number of benzene rings is 1. The van der Waals surface area contributed by atoms with Crippen molar-refractivity contribution in [3.8, 4) is 0 Å². The first-order valence-electron chi connectivity index (χ1n) is 6.42. The third kappa shape index (κ3) is 4.13. The monoisotopic (exact) mass is 288 g/mol. The maximum Gasteiger partial charge on any atom is 0.309 e. The molecule has 0 aliphatic carbocycles. The number of aryl methyl sites for hydroxylation is 2. The highest BCUT2D eigenvalue weighted by Gasteiger charge is 2.09. The zero-order valence-corrected chi connectivity index (χ0v) is 11.8. The number of carboxylic acid groups (broad SMARTS) is 1. The average Bonchev–Trinajstić information content (AvgIpc) is 2.79. The summed E-state index contributed by atoms with van der Waals surface area (Å²) in [6.45, 7) is 3.89. The zero-order valence-electron chi connectivity index (χ0n) is 11.8. The lowest BCUT2D eigenvalue weighted by Crippen LogP contribution is -2.19. The molecule has 1 heterocycles. The predicted molar refractivity (Wildman–Crippen MR) is 75.9 cm³/mol. The summed E-state index contributed by atoms with van der Waals surface area (Å²) in [4.78, 5) is 22.5. The summed E-state index contributed by atoms with van der Waals surface area (Å²) in [6.07, 6.45) is 1.24. The minimum Gasteiger partial charge on any atom is -0.481 e. The number of amides is 1. The first-order valence-corrected chi connectivity index (χ1v) is 6.42. The van der Waals surface area contributed by atoms with Crippen molar-refractivity contribution in [1.29, 1.82) is 0 Å². The van der Waals surface area contributed by atoms with Gasteiger partial charge in [-0.25, -0.2) is 4.68 Å². The summed E-state index contributed by atoms with van der Waals surface area (Å²) >= 11 is 0. The molecule has 1 amide bonds. The molecule has 2 N–H and O–H groups in total. The molecule has 21 heavy (non-hydrogen) atoms. The largest absolute Gasteiger partial charge is 0.481 e. The molecule has 0 bridgehead atoms. The van der Waals surface area contributed by atoms with E-state index in [0.717, 1.165) is 16.8 Å². The van der Waals surface area contributed by atoms with E-state index < -0.39 is 5.97 Å². The van der Waals surface area contributed by atoms with Crippen LogP contribution in [0.4, 0.5) is 5.69 Å². The van der Waals surface area contributed by atoms with Gasteiger partial charge in [-0.3, -0.25) is 9.59 Å². The van der Waals surface area contributed by atoms with E-state index in [9.17, 15) is 9.59 Å². The highest BCUT2D eigenvalue weighted by atomic mass is 16.4. The van der Waals surface area contributed by atoms with Crippen molar-refractivity contribution >= 4 is 17.6 Å². The molecule has 0 saturated carbocycles. The molecule has 0 saturated heterocycles. The number of aliphatic carboxylic acids is 1. The fourth-order valence-electron chi connectivity index (χ4n) is 1.94. The Morgan fingerprint density at radius 2 is 2.10 bits per heavy atom. The topological polar surface area (TPSA) is 97.1 Å². The summed E-state index contributed by atoms with van der Waals surface area (Å²) in [5.74, 6) is -1.23. The van der Waals surface area contributed by atoms with Gasteiger partial charge < -0.3 is 10.4 Å². The molecule has 7 nitrogen and oxygen atoms in total. The highest BCUT2D eigenvalue weighted by molar-refractivity contribution is 5.91. The van der Waals surface area contributed by atoms with Crippen molar-refractivity contribution in [2.75, 3.05) is 5.32 Å². The molecule has 0 fully saturated rings. The minimum absolute atomic E-state index is 0.0140. The van der Waals surface area contributed by atoms with Crippen molar-refractivity contribution in [3.05, 3.63) is 41.2 Å². The molecule has 0 spiro atoms. The smallest absolute Gasteiger partial charge is 0.309 e. The van der Waals surface area contributed by atoms with Crippen molar-refractivity contribution in [1.82, 2.24) is 15.0 Å². The van der Waals surface area contributed by atoms with Crippen LogP contribution in [0.1, 0.15) is 16.8 Å². The summed E-state index contributed by atoms with van der Waals surface area (Å²) in [5, 5.41) is 18.9. The second-order valence-corrected chi connectivity index (χ2v) is 4.84. The van der Waals surface area contributed by atoms with E-state index in [4.69, 9.17) is 5.11 Å². The molecule has 0 unspecified atom stereocenters. The Labute approximate surface area is 121 Å². The van der Waals surface area contributed by atoms with Crippen LogP contribution >= 0.6 is 0 Å². The van der Waals surface area contributed by atoms with Crippen molar-refractivity contribution in [3.63, 3.8) is 0 Å². The standard InChI is InChI=1S/C14H16N4O3/c1-9-3-4-12(10(2)5-9)15-13(19)8-18-7-11(16-17-18)6-14(20)21/h3-5,7H,6,8H2,1-2H3,(H,15,19)(H,20,21). The highest BCUT2D eigenvalue weighted by Crippen LogP contribution is 2.15. The zero-order chi connectivity index (χ0) is 15.4. The maximum absolute atomic E-state index is 11.9. The van der Waals surface area contributed by atoms with Gasteiger partial charge in [-0.1, -0.05) is 22.9 Å². The number of anilines is 1. The molecular weight excluding hydrogens is 272 g/mol. The number of aromatic nitrogens is 3. The quantitative estimate of drug-likeness (QED) is 0.860. The molecule has 110 valence electrons. The lowest BCUT2D eigenvalue weighted by atomic mass is 10.1. The Bertz CT molecular complexity index is 679. The first-order chi connectivity index (χ1) is 9.94. The van der Waals surface area contributed by atoms with Crippen molar-refractivity contribution < 1.29 is 14.7 Å². The number of hydrogen-bond acceptors (Lipinski definition) is 4. The van der Waals surface area contributed by atoms with E-state index in [1.807, 2.05) is 32.0 Å². The third-order valence-electron chi connectivity index (χ3n) is 2.88. The predicted octanol–water partition coefficient (Wildman–Crippen LogP) is 1.16. The van der Waals surface area contributed by atoms with E-state index >= 15 is 0 Å². The molecule has 7 heteroatoms. The van der Waals surface area contributed by atoms with E-state index in [0.29, 0.717) is 5.69 Å². The molecule has 0 aliphatic heterocycles. The fourth-order valence-corrected chi connectivity index (χ4v) is 1.94. The van der Waals surface area contributed by atoms with Gasteiger partial charge in [-0.15, -0.1) is 5.10 Å². The molecule has 2 rings (SSSR count). The Kier molecular flexibility index (Phi) is 4.32. The number of nitrogens with zero attached hydrogens (tertiary/aromatic N) is 3. The molecule has 0 radical (unpaired) electrons. The van der Waals surface area contributed by atoms with Crippen LogP contribution in [-0.2, 0) is 22.6 Å². The maximum atomic E-state index is 11.9. The number of carbonyl (C=O) groups excluding carboxylic acids is 1. The van der Waals surface area contributed by atoms with Gasteiger partial charge in [0.25, 0.3) is 0 Å². The second-order valence-electron chi connectivity index (χ2n) is 4.84. The summed E-state index contributed by atoms with van der Waals surface area (Å²) in [7, 11) is 0. The van der Waals surface area contributed by atoms with Gasteiger partial charge in [0.2, 0.25) is 5.91 Å². The van der Waals surface area contributed by atoms with Gasteiger partial charge in [-0.2, -0.15) is 0 Å². The van der Waals surface area contributed by atoms with Gasteiger partial charge in [-0.05, 0) is 25.5 Å². The lowest BCUT2D eigenvalue weighted by Gasteiger charge is -2.08. The van der Waals surface area contributed by atoms with Gasteiger partial charge in [0.15, 0.2) is 0 Å². The number of nitrogens with one attached hydrogen (secondary N) is 1. The molecule has 0 atom stereocenters. The van der Waals surface area contributed by atoms with Gasteiger partial charge in [0, 0.05) is 11.9 Å². The Hall–Kier alpha value is -2.70. The van der Waals surface area contributed by atoms with Crippen LogP contribution < -0.4 is 5.32 Å². The Morgan fingerprint density at radius 1 is 1.33 bits per heavy atom. The second kappa shape index (κ2) is 6.17. The van der Waals surface area contributed by atoms with Crippen LogP contribution in [0.15, 0.2) is 24.4 Å². The van der Waals surface area contributed by atoms with Crippen LogP contribution in [-0.4, -0.2) is 32.0 Å². The Morgan fingerprint density at radius 3 is 2.76 bits per heavy atom. The SMILES string of the molecule is Cc1ccc(NC(=O)Cn2cc(CC(=O)O)nn2)c(C)c1. The lowest BCUT2D eigenvalue weighted by molar-refractivity contribution is -0.136. The number of rotatable bonds is 5. The van der Waals surface area contributed by atoms with E-state index in [-0.39, 0.29) is 18.9 Å². The average molecular weight is 288 g/mol. The fraction of sp³-hybridized carbons (Fsp3) is 0.286. The van der Waals surface area contributed by atoms with Gasteiger partial charge in [0.05, 0.1) is 12.1 Å². The van der Waals surface area contributed by atoms with Crippen molar-refractivity contribution in [2.45, 2.75) is 26.8 Å². The normalized spacial score (nSPS) is 10.4. The number of carbonyl (C=O) groups is 2. The first kappa shape index (κ1) is 14.7. The van der Waals surface area contributed by atoms with Crippen LogP contribution in [0, 0.1) is 13.8 Å². The molecule has 2 aromatic rings. The minimum atomic E-state index is -0.984. The molecule has 1 aromatic carbocycles. The van der Waals surface area contributed by atoms with Crippen LogP contribution in [0.5, 0.6) is 0 Å². The molecular formula is C14H16N4O3. The van der Waals surface area contributed by atoms with E-state index in [1.54, 1.807) is 0 Å². The van der Waals surface area contributed by atoms with Crippen LogP contribution in [0.3, 0.4) is 0 Å². The number of hydrogen-bond donors (Lipinski definition) is 2. The third-order valence-corrected chi connectivity index (χ3v) is 2.88. The van der Waals surface area contributed by atoms with Gasteiger partial charge in [0.1, 0.15) is 6.54 Å². The van der Waals surface area contributed by atoms with E-state index in [2.05, 4.69) is 15.6 Å². The summed E-state index contributed by atoms with van der Waals surface area (Å²) in [5.41, 5.74) is 3.17. The van der Waals surface area contributed by atoms with Crippen LogP contribution in [0.2, 0.25) is 0 Å². The summed E-state index contributed by atoms with van der Waals surface area (Å²) in [6, 6.07) is 5.75. The van der Waals surface area contributed by atoms with Crippen LogP contribution in [0.25, 0.3) is 0 Å².